The van der Waals surface area contributed by atoms with Crippen LogP contribution in [-0.4, -0.2) is 45.2 Å². The summed E-state index contributed by atoms with van der Waals surface area (Å²) in [5, 5.41) is 2.90. The predicted octanol–water partition coefficient (Wildman–Crippen LogP) is 0.613. The van der Waals surface area contributed by atoms with Gasteiger partial charge in [0, 0.05) is 26.8 Å². The van der Waals surface area contributed by atoms with Gasteiger partial charge >= 0.3 is 0 Å². The maximum atomic E-state index is 11.9. The molecule has 0 aliphatic carbocycles. The van der Waals surface area contributed by atoms with Crippen molar-refractivity contribution < 1.29 is 13.2 Å². The summed E-state index contributed by atoms with van der Waals surface area (Å²) in [4.78, 5) is 7.93. The van der Waals surface area contributed by atoms with E-state index in [9.17, 15) is 8.42 Å². The number of hydrogen-bond acceptors (Lipinski definition) is 6. The number of unbranched alkanes of at least 4 members (excludes halogenated alkanes) is 1. The fourth-order valence-corrected chi connectivity index (χ4v) is 2.33. The molecule has 0 aliphatic rings. The van der Waals surface area contributed by atoms with Crippen molar-refractivity contribution >= 4 is 16.0 Å². The fourth-order valence-electron chi connectivity index (χ4n) is 1.37. The van der Waals surface area contributed by atoms with Gasteiger partial charge in [-0.05, 0) is 19.8 Å². The molecule has 0 amide bonds. The lowest BCUT2D eigenvalue weighted by atomic mass is 10.3. The van der Waals surface area contributed by atoms with E-state index >= 15 is 0 Å². The maximum Gasteiger partial charge on any atom is 0.243 e. The minimum Gasteiger partial charge on any atom is -0.385 e. The minimum atomic E-state index is -3.52. The number of aromatic nitrogens is 2. The Morgan fingerprint density at radius 3 is 2.53 bits per heavy atom. The molecular formula is C11H20N4O3S. The van der Waals surface area contributed by atoms with E-state index in [1.165, 1.54) is 12.4 Å². The van der Waals surface area contributed by atoms with Gasteiger partial charge in [0.05, 0.1) is 12.4 Å². The summed E-state index contributed by atoms with van der Waals surface area (Å²) < 4.78 is 31.2. The topological polar surface area (TPSA) is 93.2 Å². The first kappa shape index (κ1) is 15.8. The SMILES string of the molecule is CCNc1ncc(S(=O)(=O)NCCCCOC)cn1. The number of ether oxygens (including phenoxy) is 1. The van der Waals surface area contributed by atoms with Crippen molar-refractivity contribution in [1.29, 1.82) is 0 Å². The van der Waals surface area contributed by atoms with Crippen LogP contribution in [0.3, 0.4) is 0 Å². The Balaban J connectivity index is 2.52. The Hall–Kier alpha value is -1.25. The van der Waals surface area contributed by atoms with Gasteiger partial charge in [0.1, 0.15) is 4.90 Å². The highest BCUT2D eigenvalue weighted by Gasteiger charge is 2.14. The van der Waals surface area contributed by atoms with Crippen molar-refractivity contribution in [3.8, 4) is 0 Å². The Labute approximate surface area is 113 Å². The summed E-state index contributed by atoms with van der Waals surface area (Å²) in [5.41, 5.74) is 0. The van der Waals surface area contributed by atoms with E-state index in [1.807, 2.05) is 6.92 Å². The molecule has 1 aromatic heterocycles. The van der Waals surface area contributed by atoms with Crippen LogP contribution in [0.4, 0.5) is 5.95 Å². The fraction of sp³-hybridized carbons (Fsp3) is 0.636. The number of nitrogens with zero attached hydrogens (tertiary/aromatic N) is 2. The lowest BCUT2D eigenvalue weighted by Crippen LogP contribution is -2.25. The van der Waals surface area contributed by atoms with Crippen molar-refractivity contribution in [3.63, 3.8) is 0 Å². The third kappa shape index (κ3) is 5.50. The zero-order valence-electron chi connectivity index (χ0n) is 11.2. The van der Waals surface area contributed by atoms with Crippen LogP contribution in [0.25, 0.3) is 0 Å². The van der Waals surface area contributed by atoms with Gasteiger partial charge in [-0.25, -0.2) is 23.1 Å². The molecule has 1 rings (SSSR count). The highest BCUT2D eigenvalue weighted by atomic mass is 32.2. The normalized spacial score (nSPS) is 11.5. The molecule has 0 saturated heterocycles. The van der Waals surface area contributed by atoms with Crippen molar-refractivity contribution in [3.05, 3.63) is 12.4 Å². The molecule has 1 heterocycles. The molecule has 0 fully saturated rings. The molecule has 0 aromatic carbocycles. The van der Waals surface area contributed by atoms with Crippen LogP contribution >= 0.6 is 0 Å². The molecule has 19 heavy (non-hydrogen) atoms. The molecule has 0 atom stereocenters. The van der Waals surface area contributed by atoms with Crippen molar-refractivity contribution in [2.45, 2.75) is 24.7 Å². The average molecular weight is 288 g/mol. The quantitative estimate of drug-likeness (QED) is 0.647. The van der Waals surface area contributed by atoms with Crippen LogP contribution < -0.4 is 10.0 Å². The Morgan fingerprint density at radius 1 is 1.26 bits per heavy atom. The van der Waals surface area contributed by atoms with Crippen LogP contribution in [0.2, 0.25) is 0 Å². The molecule has 0 unspecified atom stereocenters. The molecule has 7 nitrogen and oxygen atoms in total. The van der Waals surface area contributed by atoms with E-state index in [4.69, 9.17) is 4.74 Å². The average Bonchev–Trinajstić information content (AvgIpc) is 2.39. The summed E-state index contributed by atoms with van der Waals surface area (Å²) in [6.07, 6.45) is 4.13. The summed E-state index contributed by atoms with van der Waals surface area (Å²) in [6.45, 7) is 3.60. The summed E-state index contributed by atoms with van der Waals surface area (Å²) in [6, 6.07) is 0. The highest BCUT2D eigenvalue weighted by molar-refractivity contribution is 7.89. The number of hydrogen-bond donors (Lipinski definition) is 2. The van der Waals surface area contributed by atoms with Crippen molar-refractivity contribution in [2.75, 3.05) is 32.1 Å². The van der Waals surface area contributed by atoms with Crippen molar-refractivity contribution in [1.82, 2.24) is 14.7 Å². The van der Waals surface area contributed by atoms with E-state index in [0.29, 0.717) is 25.6 Å². The number of rotatable bonds is 9. The molecule has 1 aromatic rings. The van der Waals surface area contributed by atoms with Crippen LogP contribution in [-0.2, 0) is 14.8 Å². The second-order valence-corrected chi connectivity index (χ2v) is 5.64. The van der Waals surface area contributed by atoms with Gasteiger partial charge in [0.15, 0.2) is 0 Å². The minimum absolute atomic E-state index is 0.0703. The smallest absolute Gasteiger partial charge is 0.243 e. The Bertz CT molecular complexity index is 461. The van der Waals surface area contributed by atoms with Crippen LogP contribution in [0.5, 0.6) is 0 Å². The molecule has 0 spiro atoms. The molecular weight excluding hydrogens is 268 g/mol. The van der Waals surface area contributed by atoms with E-state index in [-0.39, 0.29) is 4.90 Å². The van der Waals surface area contributed by atoms with Gasteiger partial charge in [-0.1, -0.05) is 0 Å². The van der Waals surface area contributed by atoms with Crippen LogP contribution in [0.1, 0.15) is 19.8 Å². The van der Waals surface area contributed by atoms with E-state index < -0.39 is 10.0 Å². The number of methoxy groups -OCH3 is 1. The number of anilines is 1. The lowest BCUT2D eigenvalue weighted by Gasteiger charge is -2.07. The second kappa shape index (κ2) is 8.03. The van der Waals surface area contributed by atoms with Gasteiger partial charge < -0.3 is 10.1 Å². The number of nitrogens with one attached hydrogen (secondary N) is 2. The molecule has 2 N–H and O–H groups in total. The van der Waals surface area contributed by atoms with Gasteiger partial charge in [0.2, 0.25) is 16.0 Å². The zero-order chi connectivity index (χ0) is 14.1. The molecule has 0 radical (unpaired) electrons. The largest absolute Gasteiger partial charge is 0.385 e. The Kier molecular flexibility index (Phi) is 6.68. The van der Waals surface area contributed by atoms with Crippen molar-refractivity contribution in [2.24, 2.45) is 0 Å². The summed E-state index contributed by atoms with van der Waals surface area (Å²) in [7, 11) is -1.90. The standard InChI is InChI=1S/C11H20N4O3S/c1-3-12-11-13-8-10(9-14-11)19(16,17)15-6-4-5-7-18-2/h8-9,15H,3-7H2,1-2H3,(H,12,13,14). The maximum absolute atomic E-state index is 11.9. The third-order valence-electron chi connectivity index (χ3n) is 2.34. The summed E-state index contributed by atoms with van der Waals surface area (Å²) in [5.74, 6) is 0.418. The lowest BCUT2D eigenvalue weighted by molar-refractivity contribution is 0.193. The highest BCUT2D eigenvalue weighted by Crippen LogP contribution is 2.07. The number of sulfonamides is 1. The van der Waals surface area contributed by atoms with Crippen LogP contribution in [0, 0.1) is 0 Å². The van der Waals surface area contributed by atoms with Gasteiger partial charge in [-0.15, -0.1) is 0 Å². The first-order chi connectivity index (χ1) is 9.10. The zero-order valence-corrected chi connectivity index (χ0v) is 12.0. The van der Waals surface area contributed by atoms with Crippen LogP contribution in [0.15, 0.2) is 17.3 Å². The summed E-state index contributed by atoms with van der Waals surface area (Å²) >= 11 is 0. The Morgan fingerprint density at radius 2 is 1.95 bits per heavy atom. The third-order valence-corrected chi connectivity index (χ3v) is 3.76. The van der Waals surface area contributed by atoms with Gasteiger partial charge in [-0.2, -0.15) is 0 Å². The first-order valence-electron chi connectivity index (χ1n) is 6.14. The van der Waals surface area contributed by atoms with E-state index in [0.717, 1.165) is 12.8 Å². The van der Waals surface area contributed by atoms with Gasteiger partial charge in [-0.3, -0.25) is 0 Å². The van der Waals surface area contributed by atoms with E-state index in [1.54, 1.807) is 7.11 Å². The van der Waals surface area contributed by atoms with Gasteiger partial charge in [0.25, 0.3) is 0 Å². The second-order valence-electron chi connectivity index (χ2n) is 3.87. The molecule has 0 bridgehead atoms. The molecule has 8 heteroatoms. The molecule has 0 aliphatic heterocycles. The molecule has 108 valence electrons. The van der Waals surface area contributed by atoms with E-state index in [2.05, 4.69) is 20.0 Å². The predicted molar refractivity (Wildman–Crippen MR) is 72.5 cm³/mol. The first-order valence-corrected chi connectivity index (χ1v) is 7.63. The molecule has 0 saturated carbocycles. The monoisotopic (exact) mass is 288 g/mol.